The number of nitrogens with zero attached hydrogens (tertiary/aromatic N) is 3. The van der Waals surface area contributed by atoms with E-state index in [4.69, 9.17) is 4.74 Å². The highest BCUT2D eigenvalue weighted by Gasteiger charge is 2.18. The fourth-order valence-electron chi connectivity index (χ4n) is 1.42. The van der Waals surface area contributed by atoms with Crippen molar-refractivity contribution in [1.82, 2.24) is 4.90 Å². The van der Waals surface area contributed by atoms with Crippen LogP contribution in [0.1, 0.15) is 0 Å². The summed E-state index contributed by atoms with van der Waals surface area (Å²) < 4.78 is 5.35. The molecule has 1 fully saturated rings. The Morgan fingerprint density at radius 1 is 1.33 bits per heavy atom. The van der Waals surface area contributed by atoms with Crippen molar-refractivity contribution in [2.24, 2.45) is 10.2 Å². The van der Waals surface area contributed by atoms with Gasteiger partial charge in [0.15, 0.2) is 0 Å². The van der Waals surface area contributed by atoms with Gasteiger partial charge in [-0.25, -0.2) is 0 Å². The van der Waals surface area contributed by atoms with Gasteiger partial charge in [0.05, 0.1) is 18.9 Å². The summed E-state index contributed by atoms with van der Waals surface area (Å²) in [6, 6.07) is 9.75. The second kappa shape index (κ2) is 5.00. The van der Waals surface area contributed by atoms with Gasteiger partial charge < -0.3 is 4.74 Å². The molecule has 2 rings (SSSR count). The van der Waals surface area contributed by atoms with Gasteiger partial charge in [-0.2, -0.15) is 10.2 Å². The van der Waals surface area contributed by atoms with Crippen molar-refractivity contribution in [3.8, 4) is 0 Å². The summed E-state index contributed by atoms with van der Waals surface area (Å²) in [4.78, 5) is 2.15. The van der Waals surface area contributed by atoms with E-state index in [0.717, 1.165) is 18.8 Å². The number of likely N-dealkylation sites (N-methyl/N-ethyl adjacent to an activating group) is 1. The molecule has 15 heavy (non-hydrogen) atoms. The maximum absolute atomic E-state index is 5.35. The first-order valence-corrected chi connectivity index (χ1v) is 5.10. The molecule has 0 N–H and O–H groups in total. The average molecular weight is 205 g/mol. The van der Waals surface area contributed by atoms with Crippen LogP contribution in [-0.4, -0.2) is 37.9 Å². The fourth-order valence-corrected chi connectivity index (χ4v) is 1.42. The van der Waals surface area contributed by atoms with Gasteiger partial charge in [0.2, 0.25) is 0 Å². The van der Waals surface area contributed by atoms with Crippen molar-refractivity contribution in [1.29, 1.82) is 0 Å². The Balaban J connectivity index is 1.98. The van der Waals surface area contributed by atoms with Crippen molar-refractivity contribution >= 4 is 5.69 Å². The Morgan fingerprint density at radius 2 is 2.13 bits per heavy atom. The SMILES string of the molecule is CN1CCOCC1N=Nc1ccccc1. The molecule has 1 saturated heterocycles. The number of benzene rings is 1. The summed E-state index contributed by atoms with van der Waals surface area (Å²) in [6.45, 7) is 2.33. The Kier molecular flexibility index (Phi) is 3.42. The molecule has 0 radical (unpaired) electrons. The summed E-state index contributed by atoms with van der Waals surface area (Å²) in [5, 5.41) is 8.44. The van der Waals surface area contributed by atoms with Crippen LogP contribution in [0.25, 0.3) is 0 Å². The summed E-state index contributed by atoms with van der Waals surface area (Å²) >= 11 is 0. The minimum Gasteiger partial charge on any atom is -0.376 e. The van der Waals surface area contributed by atoms with Crippen LogP contribution in [0.2, 0.25) is 0 Å². The molecule has 1 atom stereocenters. The molecule has 0 aromatic heterocycles. The number of hydrogen-bond donors (Lipinski definition) is 0. The standard InChI is InChI=1S/C11H15N3O/c1-14-7-8-15-9-11(14)13-12-10-5-3-2-4-6-10/h2-6,11H,7-9H2,1H3. The van der Waals surface area contributed by atoms with Crippen LogP contribution in [0.3, 0.4) is 0 Å². The van der Waals surface area contributed by atoms with E-state index >= 15 is 0 Å². The van der Waals surface area contributed by atoms with E-state index in [1.165, 1.54) is 0 Å². The predicted octanol–water partition coefficient (Wildman–Crippen LogP) is 2.06. The van der Waals surface area contributed by atoms with Crippen molar-refractivity contribution < 1.29 is 4.74 Å². The average Bonchev–Trinajstić information content (AvgIpc) is 2.29. The van der Waals surface area contributed by atoms with Crippen LogP contribution in [0.15, 0.2) is 40.6 Å². The Morgan fingerprint density at radius 3 is 2.87 bits per heavy atom. The van der Waals surface area contributed by atoms with Crippen LogP contribution < -0.4 is 0 Å². The molecule has 0 bridgehead atoms. The molecule has 1 aliphatic heterocycles. The number of ether oxygens (including phenoxy) is 1. The third kappa shape index (κ3) is 2.84. The number of hydrogen-bond acceptors (Lipinski definition) is 4. The lowest BCUT2D eigenvalue weighted by Gasteiger charge is -2.28. The molecule has 1 aromatic carbocycles. The maximum Gasteiger partial charge on any atom is 0.147 e. The number of morpholine rings is 1. The van der Waals surface area contributed by atoms with Crippen molar-refractivity contribution in [2.45, 2.75) is 6.17 Å². The van der Waals surface area contributed by atoms with Crippen LogP contribution in [0, 0.1) is 0 Å². The van der Waals surface area contributed by atoms with Gasteiger partial charge in [-0.1, -0.05) is 18.2 Å². The predicted molar refractivity (Wildman–Crippen MR) is 58.2 cm³/mol. The molecule has 0 aliphatic carbocycles. The lowest BCUT2D eigenvalue weighted by atomic mass is 10.3. The van der Waals surface area contributed by atoms with E-state index in [9.17, 15) is 0 Å². The molecule has 80 valence electrons. The summed E-state index contributed by atoms with van der Waals surface area (Å²) in [5.41, 5.74) is 0.886. The van der Waals surface area contributed by atoms with Crippen molar-refractivity contribution in [2.75, 3.05) is 26.8 Å². The third-order valence-electron chi connectivity index (χ3n) is 2.43. The zero-order chi connectivity index (χ0) is 10.5. The molecule has 0 spiro atoms. The highest BCUT2D eigenvalue weighted by atomic mass is 16.5. The molecular formula is C11H15N3O. The molecule has 0 amide bonds. The maximum atomic E-state index is 5.35. The van der Waals surface area contributed by atoms with E-state index in [2.05, 4.69) is 15.1 Å². The van der Waals surface area contributed by atoms with E-state index < -0.39 is 0 Å². The smallest absolute Gasteiger partial charge is 0.147 e. The topological polar surface area (TPSA) is 37.2 Å². The lowest BCUT2D eigenvalue weighted by molar-refractivity contribution is 0.00700. The Hall–Kier alpha value is -1.26. The normalized spacial score (nSPS) is 23.4. The molecule has 1 aliphatic rings. The van der Waals surface area contributed by atoms with E-state index in [0.29, 0.717) is 6.61 Å². The van der Waals surface area contributed by atoms with Gasteiger partial charge in [-0.3, -0.25) is 4.90 Å². The van der Waals surface area contributed by atoms with Crippen molar-refractivity contribution in [3.63, 3.8) is 0 Å². The summed E-state index contributed by atoms with van der Waals surface area (Å²) in [7, 11) is 2.04. The largest absolute Gasteiger partial charge is 0.376 e. The van der Waals surface area contributed by atoms with Gasteiger partial charge in [0.1, 0.15) is 6.17 Å². The van der Waals surface area contributed by atoms with E-state index in [-0.39, 0.29) is 6.17 Å². The van der Waals surface area contributed by atoms with Gasteiger partial charge in [-0.05, 0) is 19.2 Å². The van der Waals surface area contributed by atoms with E-state index in [1.54, 1.807) is 0 Å². The van der Waals surface area contributed by atoms with Gasteiger partial charge in [0, 0.05) is 6.54 Å². The first kappa shape index (κ1) is 10.3. The lowest BCUT2D eigenvalue weighted by Crippen LogP contribution is -2.41. The molecular weight excluding hydrogens is 190 g/mol. The van der Waals surface area contributed by atoms with Crippen molar-refractivity contribution in [3.05, 3.63) is 30.3 Å². The summed E-state index contributed by atoms with van der Waals surface area (Å²) in [6.07, 6.45) is 0.0546. The Labute approximate surface area is 89.6 Å². The molecule has 0 saturated carbocycles. The second-order valence-electron chi connectivity index (χ2n) is 3.59. The fraction of sp³-hybridized carbons (Fsp3) is 0.455. The van der Waals surface area contributed by atoms with Gasteiger partial charge >= 0.3 is 0 Å². The Bertz CT molecular complexity index is 326. The monoisotopic (exact) mass is 205 g/mol. The van der Waals surface area contributed by atoms with Gasteiger partial charge in [0.25, 0.3) is 0 Å². The minimum atomic E-state index is 0.0546. The molecule has 1 aromatic rings. The number of azo groups is 1. The number of rotatable bonds is 2. The quantitative estimate of drug-likeness (QED) is 0.693. The first-order valence-electron chi connectivity index (χ1n) is 5.10. The molecule has 1 heterocycles. The first-order chi connectivity index (χ1) is 7.36. The van der Waals surface area contributed by atoms with Crippen LogP contribution in [0.5, 0.6) is 0 Å². The van der Waals surface area contributed by atoms with E-state index in [1.807, 2.05) is 37.4 Å². The van der Waals surface area contributed by atoms with Crippen LogP contribution in [0.4, 0.5) is 5.69 Å². The molecule has 4 nitrogen and oxygen atoms in total. The van der Waals surface area contributed by atoms with Crippen LogP contribution >= 0.6 is 0 Å². The van der Waals surface area contributed by atoms with Gasteiger partial charge in [-0.15, -0.1) is 0 Å². The zero-order valence-electron chi connectivity index (χ0n) is 8.84. The summed E-state index contributed by atoms with van der Waals surface area (Å²) in [5.74, 6) is 0. The zero-order valence-corrected chi connectivity index (χ0v) is 8.84. The second-order valence-corrected chi connectivity index (χ2v) is 3.59. The highest BCUT2D eigenvalue weighted by Crippen LogP contribution is 2.13. The third-order valence-corrected chi connectivity index (χ3v) is 2.43. The van der Waals surface area contributed by atoms with Crippen LogP contribution in [-0.2, 0) is 4.74 Å². The minimum absolute atomic E-state index is 0.0546. The highest BCUT2D eigenvalue weighted by molar-refractivity contribution is 5.34. The molecule has 4 heteroatoms. The molecule has 1 unspecified atom stereocenters.